The molecule has 0 saturated heterocycles. The molecule has 3 nitrogen and oxygen atoms in total. The van der Waals surface area contributed by atoms with Crippen LogP contribution in [0.1, 0.15) is 25.0 Å². The molecule has 0 unspecified atom stereocenters. The molecule has 0 saturated carbocycles. The maximum absolute atomic E-state index is 10.8. The number of nitrogens with zero attached hydrogens (tertiary/aromatic N) is 1. The highest BCUT2D eigenvalue weighted by molar-refractivity contribution is 7.99. The van der Waals surface area contributed by atoms with E-state index in [1.165, 1.54) is 5.56 Å². The molecule has 0 heterocycles. The van der Waals surface area contributed by atoms with Crippen molar-refractivity contribution in [1.82, 2.24) is 0 Å². The summed E-state index contributed by atoms with van der Waals surface area (Å²) < 4.78 is 0. The fourth-order valence-corrected chi connectivity index (χ4v) is 2.97. The predicted molar refractivity (Wildman–Crippen MR) is 82.4 cm³/mol. The van der Waals surface area contributed by atoms with Gasteiger partial charge in [-0.2, -0.15) is 0 Å². The van der Waals surface area contributed by atoms with Gasteiger partial charge < -0.3 is 0 Å². The van der Waals surface area contributed by atoms with E-state index >= 15 is 0 Å². The van der Waals surface area contributed by atoms with E-state index in [2.05, 4.69) is 31.2 Å². The predicted octanol–water partition coefficient (Wildman–Crippen LogP) is 4.87. The molecule has 0 N–H and O–H groups in total. The van der Waals surface area contributed by atoms with Gasteiger partial charge in [0.2, 0.25) is 0 Å². The van der Waals surface area contributed by atoms with Crippen LogP contribution in [0.4, 0.5) is 5.69 Å². The second-order valence-electron chi connectivity index (χ2n) is 4.50. The summed E-state index contributed by atoms with van der Waals surface area (Å²) in [6.07, 6.45) is 1.82. The topological polar surface area (TPSA) is 43.1 Å². The molecule has 2 aromatic carbocycles. The van der Waals surface area contributed by atoms with E-state index in [0.717, 1.165) is 28.2 Å². The summed E-state index contributed by atoms with van der Waals surface area (Å²) in [5.41, 5.74) is 2.49. The summed E-state index contributed by atoms with van der Waals surface area (Å²) in [6.45, 7) is 4.15. The van der Waals surface area contributed by atoms with Crippen molar-refractivity contribution >= 4 is 17.4 Å². The van der Waals surface area contributed by atoms with Gasteiger partial charge in [0, 0.05) is 21.9 Å². The fraction of sp³-hybridized carbons (Fsp3) is 0.250. The van der Waals surface area contributed by atoms with Crippen LogP contribution in [0.5, 0.6) is 0 Å². The molecule has 20 heavy (non-hydrogen) atoms. The summed E-state index contributed by atoms with van der Waals surface area (Å²) >= 11 is 1.66. The van der Waals surface area contributed by atoms with Crippen molar-refractivity contribution in [1.29, 1.82) is 0 Å². The zero-order chi connectivity index (χ0) is 14.5. The summed E-state index contributed by atoms with van der Waals surface area (Å²) in [5.74, 6) is 0. The summed E-state index contributed by atoms with van der Waals surface area (Å²) in [5, 5.41) is 10.8. The maximum atomic E-state index is 10.8. The molecular weight excluding hydrogens is 270 g/mol. The standard InChI is InChI=1S/C16H17NO2S/c1-3-12-5-8-15(9-6-12)20-16-10-7-14(17(18)19)11-13(16)4-2/h5-11H,3-4H2,1-2H3. The summed E-state index contributed by atoms with van der Waals surface area (Å²) in [6, 6.07) is 13.5. The highest BCUT2D eigenvalue weighted by Crippen LogP contribution is 2.33. The lowest BCUT2D eigenvalue weighted by atomic mass is 10.1. The van der Waals surface area contributed by atoms with E-state index in [0.29, 0.717) is 0 Å². The average molecular weight is 287 g/mol. The van der Waals surface area contributed by atoms with Crippen molar-refractivity contribution in [3.8, 4) is 0 Å². The quantitative estimate of drug-likeness (QED) is 0.582. The van der Waals surface area contributed by atoms with Gasteiger partial charge in [-0.05, 0) is 42.2 Å². The van der Waals surface area contributed by atoms with Crippen molar-refractivity contribution in [3.63, 3.8) is 0 Å². The molecule has 104 valence electrons. The van der Waals surface area contributed by atoms with Crippen LogP contribution in [0.2, 0.25) is 0 Å². The molecule has 0 atom stereocenters. The Labute approximate surface area is 123 Å². The first kappa shape index (κ1) is 14.6. The van der Waals surface area contributed by atoms with E-state index < -0.39 is 0 Å². The molecule has 0 aliphatic carbocycles. The van der Waals surface area contributed by atoms with Gasteiger partial charge in [-0.1, -0.05) is 37.7 Å². The number of hydrogen-bond donors (Lipinski definition) is 0. The summed E-state index contributed by atoms with van der Waals surface area (Å²) in [4.78, 5) is 12.7. The number of benzene rings is 2. The SMILES string of the molecule is CCc1ccc(Sc2ccc([N+](=O)[O-])cc2CC)cc1. The number of aryl methyl sites for hydroxylation is 2. The Hall–Kier alpha value is -1.81. The first-order chi connectivity index (χ1) is 9.63. The Bertz CT molecular complexity index is 608. The highest BCUT2D eigenvalue weighted by atomic mass is 32.2. The first-order valence-corrected chi connectivity index (χ1v) is 7.49. The largest absolute Gasteiger partial charge is 0.269 e. The second kappa shape index (κ2) is 6.57. The molecule has 0 radical (unpaired) electrons. The van der Waals surface area contributed by atoms with Gasteiger partial charge in [-0.3, -0.25) is 10.1 Å². The average Bonchev–Trinajstić information content (AvgIpc) is 2.48. The van der Waals surface area contributed by atoms with E-state index in [9.17, 15) is 10.1 Å². The lowest BCUT2D eigenvalue weighted by molar-refractivity contribution is -0.385. The van der Waals surface area contributed by atoms with Crippen LogP contribution in [-0.2, 0) is 12.8 Å². The third-order valence-electron chi connectivity index (χ3n) is 3.20. The smallest absolute Gasteiger partial charge is 0.258 e. The van der Waals surface area contributed by atoms with E-state index in [1.54, 1.807) is 23.9 Å². The number of hydrogen-bond acceptors (Lipinski definition) is 3. The van der Waals surface area contributed by atoms with Gasteiger partial charge >= 0.3 is 0 Å². The molecule has 0 bridgehead atoms. The monoisotopic (exact) mass is 287 g/mol. The normalized spacial score (nSPS) is 10.5. The Kier molecular flexibility index (Phi) is 4.79. The summed E-state index contributed by atoms with van der Waals surface area (Å²) in [7, 11) is 0. The minimum Gasteiger partial charge on any atom is -0.258 e. The third-order valence-corrected chi connectivity index (χ3v) is 4.32. The van der Waals surface area contributed by atoms with Crippen molar-refractivity contribution in [2.45, 2.75) is 36.5 Å². The van der Waals surface area contributed by atoms with Crippen molar-refractivity contribution in [2.24, 2.45) is 0 Å². The maximum Gasteiger partial charge on any atom is 0.269 e. The number of rotatable bonds is 5. The zero-order valence-electron chi connectivity index (χ0n) is 11.6. The zero-order valence-corrected chi connectivity index (χ0v) is 12.4. The van der Waals surface area contributed by atoms with Gasteiger partial charge in [-0.25, -0.2) is 0 Å². The van der Waals surface area contributed by atoms with Crippen LogP contribution >= 0.6 is 11.8 Å². The lowest BCUT2D eigenvalue weighted by Gasteiger charge is -2.08. The van der Waals surface area contributed by atoms with E-state index in [-0.39, 0.29) is 10.6 Å². The van der Waals surface area contributed by atoms with Crippen LogP contribution in [0.3, 0.4) is 0 Å². The number of nitro groups is 1. The number of nitro benzene ring substituents is 1. The van der Waals surface area contributed by atoms with Crippen LogP contribution < -0.4 is 0 Å². The van der Waals surface area contributed by atoms with Crippen molar-refractivity contribution in [2.75, 3.05) is 0 Å². The number of non-ortho nitro benzene ring substituents is 1. The van der Waals surface area contributed by atoms with Gasteiger partial charge in [-0.15, -0.1) is 0 Å². The third kappa shape index (κ3) is 3.39. The molecule has 0 amide bonds. The van der Waals surface area contributed by atoms with Crippen LogP contribution in [0.25, 0.3) is 0 Å². The van der Waals surface area contributed by atoms with Gasteiger partial charge in [0.15, 0.2) is 0 Å². The molecule has 4 heteroatoms. The Morgan fingerprint density at radius 1 is 1.05 bits per heavy atom. The van der Waals surface area contributed by atoms with Gasteiger partial charge in [0.25, 0.3) is 5.69 Å². The minimum atomic E-state index is -0.344. The Balaban J connectivity index is 2.25. The highest BCUT2D eigenvalue weighted by Gasteiger charge is 2.10. The Morgan fingerprint density at radius 3 is 2.30 bits per heavy atom. The molecular formula is C16H17NO2S. The van der Waals surface area contributed by atoms with Crippen molar-refractivity contribution in [3.05, 3.63) is 63.7 Å². The molecule has 2 aromatic rings. The van der Waals surface area contributed by atoms with E-state index in [4.69, 9.17) is 0 Å². The van der Waals surface area contributed by atoms with Crippen LogP contribution in [0, 0.1) is 10.1 Å². The molecule has 0 aliphatic heterocycles. The molecule has 0 aliphatic rings. The fourth-order valence-electron chi connectivity index (χ4n) is 1.98. The Morgan fingerprint density at radius 2 is 1.75 bits per heavy atom. The lowest BCUT2D eigenvalue weighted by Crippen LogP contribution is -1.92. The minimum absolute atomic E-state index is 0.160. The molecule has 0 aromatic heterocycles. The van der Waals surface area contributed by atoms with E-state index in [1.807, 2.05) is 13.0 Å². The van der Waals surface area contributed by atoms with Crippen LogP contribution in [0.15, 0.2) is 52.3 Å². The first-order valence-electron chi connectivity index (χ1n) is 6.68. The van der Waals surface area contributed by atoms with Gasteiger partial charge in [0.05, 0.1) is 4.92 Å². The second-order valence-corrected chi connectivity index (χ2v) is 5.62. The van der Waals surface area contributed by atoms with Crippen LogP contribution in [-0.4, -0.2) is 4.92 Å². The molecule has 0 fully saturated rings. The molecule has 0 spiro atoms. The molecule has 2 rings (SSSR count). The van der Waals surface area contributed by atoms with Crippen molar-refractivity contribution < 1.29 is 4.92 Å². The van der Waals surface area contributed by atoms with Gasteiger partial charge in [0.1, 0.15) is 0 Å².